The Kier molecular flexibility index (Phi) is 3.27. The highest BCUT2D eigenvalue weighted by Crippen LogP contribution is 2.65. The zero-order chi connectivity index (χ0) is 14.7. The van der Waals surface area contributed by atoms with E-state index < -0.39 is 0 Å². The van der Waals surface area contributed by atoms with E-state index >= 15 is 0 Å². The molecule has 0 radical (unpaired) electrons. The van der Waals surface area contributed by atoms with Crippen LogP contribution in [0.4, 0.5) is 0 Å². The van der Waals surface area contributed by atoms with Crippen LogP contribution in [-0.2, 0) is 0 Å². The van der Waals surface area contributed by atoms with Crippen LogP contribution in [0, 0.1) is 29.1 Å². The van der Waals surface area contributed by atoms with Gasteiger partial charge in [0.05, 0.1) is 0 Å². The van der Waals surface area contributed by atoms with Gasteiger partial charge in [-0.05, 0) is 86.8 Å². The molecule has 0 aromatic rings. The van der Waals surface area contributed by atoms with E-state index in [-0.39, 0.29) is 0 Å². The Labute approximate surface area is 125 Å². The van der Waals surface area contributed by atoms with Crippen molar-refractivity contribution in [2.24, 2.45) is 29.1 Å². The molecule has 2 saturated carbocycles. The summed E-state index contributed by atoms with van der Waals surface area (Å²) in [5.41, 5.74) is 6.61. The number of hydrogen-bond donors (Lipinski definition) is 0. The third kappa shape index (κ3) is 1.60. The van der Waals surface area contributed by atoms with Crippen molar-refractivity contribution < 1.29 is 0 Å². The molecule has 0 saturated heterocycles. The molecule has 0 aromatic carbocycles. The second-order valence-corrected chi connectivity index (χ2v) is 7.87. The molecule has 5 atom stereocenters. The van der Waals surface area contributed by atoms with Gasteiger partial charge in [-0.1, -0.05) is 32.1 Å². The van der Waals surface area contributed by atoms with Gasteiger partial charge in [-0.25, -0.2) is 0 Å². The number of rotatable bonds is 1. The molecule has 3 aliphatic carbocycles. The normalized spacial score (nSPS) is 44.5. The fourth-order valence-corrected chi connectivity index (χ4v) is 6.19. The van der Waals surface area contributed by atoms with Gasteiger partial charge < -0.3 is 0 Å². The van der Waals surface area contributed by atoms with Crippen LogP contribution < -0.4 is 0 Å². The topological polar surface area (TPSA) is 0 Å². The van der Waals surface area contributed by atoms with Crippen LogP contribution in [0.15, 0.2) is 34.9 Å². The molecule has 0 nitrogen and oxygen atoms in total. The minimum absolute atomic E-state index is 0.321. The maximum atomic E-state index is 4.19. The lowest BCUT2D eigenvalue weighted by Gasteiger charge is -2.55. The van der Waals surface area contributed by atoms with E-state index in [9.17, 15) is 0 Å². The van der Waals surface area contributed by atoms with Gasteiger partial charge in [0.2, 0.25) is 0 Å². The van der Waals surface area contributed by atoms with Crippen LogP contribution in [0.2, 0.25) is 0 Å². The molecule has 5 unspecified atom stereocenters. The molecular formula is C20H30. The largest absolute Gasteiger partial charge is 0.0987 e. The van der Waals surface area contributed by atoms with Gasteiger partial charge in [0.25, 0.3) is 0 Å². The molecule has 0 heteroatoms. The van der Waals surface area contributed by atoms with Crippen LogP contribution in [-0.4, -0.2) is 0 Å². The van der Waals surface area contributed by atoms with Gasteiger partial charge in [0.15, 0.2) is 0 Å². The van der Waals surface area contributed by atoms with Crippen molar-refractivity contribution in [3.8, 4) is 0 Å². The molecule has 0 aromatic heterocycles. The highest BCUT2D eigenvalue weighted by molar-refractivity contribution is 5.56. The van der Waals surface area contributed by atoms with Crippen molar-refractivity contribution in [2.75, 3.05) is 0 Å². The van der Waals surface area contributed by atoms with E-state index in [1.54, 1.807) is 16.7 Å². The number of fused-ring (bicyclic) bond motifs is 3. The first-order chi connectivity index (χ1) is 9.42. The molecule has 1 spiro atoms. The summed E-state index contributed by atoms with van der Waals surface area (Å²) in [4.78, 5) is 0. The minimum atomic E-state index is 0.321. The van der Waals surface area contributed by atoms with Crippen molar-refractivity contribution in [1.82, 2.24) is 0 Å². The Bertz CT molecular complexity index is 500. The van der Waals surface area contributed by atoms with E-state index in [0.717, 1.165) is 23.7 Å². The second kappa shape index (κ2) is 4.61. The first-order valence-corrected chi connectivity index (χ1v) is 8.44. The molecule has 2 fully saturated rings. The summed E-state index contributed by atoms with van der Waals surface area (Å²) in [5.74, 6) is 3.51. The smallest absolute Gasteiger partial charge is 0.0221 e. The molecule has 0 aliphatic heterocycles. The maximum absolute atomic E-state index is 4.19. The number of hydrogen-bond acceptors (Lipinski definition) is 0. The van der Waals surface area contributed by atoms with E-state index in [1.807, 2.05) is 0 Å². The molecule has 110 valence electrons. The first-order valence-electron chi connectivity index (χ1n) is 8.44. The summed E-state index contributed by atoms with van der Waals surface area (Å²) in [6, 6.07) is 0. The fraction of sp³-hybridized carbons (Fsp3) is 0.700. The van der Waals surface area contributed by atoms with Gasteiger partial charge in [-0.2, -0.15) is 0 Å². The molecule has 3 aliphatic rings. The summed E-state index contributed by atoms with van der Waals surface area (Å²) >= 11 is 0. The van der Waals surface area contributed by atoms with Crippen molar-refractivity contribution in [3.05, 3.63) is 34.9 Å². The Hall–Kier alpha value is -0.780. The third-order valence-electron chi connectivity index (χ3n) is 6.95. The quantitative estimate of drug-likeness (QED) is 0.555. The zero-order valence-corrected chi connectivity index (χ0v) is 13.9. The van der Waals surface area contributed by atoms with Gasteiger partial charge in [0.1, 0.15) is 0 Å². The number of allylic oxidation sites excluding steroid dienone is 5. The zero-order valence-electron chi connectivity index (χ0n) is 13.9. The van der Waals surface area contributed by atoms with E-state index in [2.05, 4.69) is 47.3 Å². The standard InChI is InChI=1S/C20H30/c1-7-19-15(5)14(4)16(6)20(19)13(3)10-17-8-12(2)9-18(20)11-17/h7,12-13,17-18H,1,8-11H2,2-6H3. The second-order valence-electron chi connectivity index (χ2n) is 7.87. The summed E-state index contributed by atoms with van der Waals surface area (Å²) in [7, 11) is 0. The van der Waals surface area contributed by atoms with E-state index in [4.69, 9.17) is 0 Å². The van der Waals surface area contributed by atoms with Crippen LogP contribution in [0.1, 0.15) is 60.3 Å². The van der Waals surface area contributed by atoms with Gasteiger partial charge in [-0.3, -0.25) is 0 Å². The van der Waals surface area contributed by atoms with E-state index in [0.29, 0.717) is 5.41 Å². The van der Waals surface area contributed by atoms with Crippen LogP contribution in [0.3, 0.4) is 0 Å². The molecule has 3 rings (SSSR count). The molecule has 0 N–H and O–H groups in total. The lowest BCUT2D eigenvalue weighted by molar-refractivity contribution is 0.0143. The first kappa shape index (κ1) is 14.2. The van der Waals surface area contributed by atoms with Gasteiger partial charge in [0, 0.05) is 5.41 Å². The Morgan fingerprint density at radius 1 is 1.00 bits per heavy atom. The SMILES string of the molecule is C=CC1=C(C)C(C)=C(C)C12C(C)CC1CC(C)CC2C1. The Morgan fingerprint density at radius 3 is 2.35 bits per heavy atom. The summed E-state index contributed by atoms with van der Waals surface area (Å²) in [6.07, 6.45) is 7.92. The Balaban J connectivity index is 2.16. The molecule has 0 amide bonds. The predicted octanol–water partition coefficient (Wildman–Crippen LogP) is 5.92. The lowest BCUT2D eigenvalue weighted by atomic mass is 9.49. The average molecular weight is 270 g/mol. The molecule has 2 bridgehead atoms. The van der Waals surface area contributed by atoms with Crippen molar-refractivity contribution in [2.45, 2.75) is 60.3 Å². The molecule has 20 heavy (non-hydrogen) atoms. The molecule has 0 heterocycles. The van der Waals surface area contributed by atoms with Crippen molar-refractivity contribution in [1.29, 1.82) is 0 Å². The van der Waals surface area contributed by atoms with Gasteiger partial charge in [-0.15, -0.1) is 0 Å². The van der Waals surface area contributed by atoms with Crippen LogP contribution in [0.5, 0.6) is 0 Å². The monoisotopic (exact) mass is 270 g/mol. The fourth-order valence-electron chi connectivity index (χ4n) is 6.19. The predicted molar refractivity (Wildman–Crippen MR) is 87.5 cm³/mol. The third-order valence-corrected chi connectivity index (χ3v) is 6.95. The highest BCUT2D eigenvalue weighted by Gasteiger charge is 2.55. The van der Waals surface area contributed by atoms with Gasteiger partial charge >= 0.3 is 0 Å². The van der Waals surface area contributed by atoms with E-state index in [1.165, 1.54) is 31.3 Å². The summed E-state index contributed by atoms with van der Waals surface area (Å²) < 4.78 is 0. The van der Waals surface area contributed by atoms with Crippen LogP contribution >= 0.6 is 0 Å². The van der Waals surface area contributed by atoms with Crippen LogP contribution in [0.25, 0.3) is 0 Å². The molecular weight excluding hydrogens is 240 g/mol. The Morgan fingerprint density at radius 2 is 1.70 bits per heavy atom. The summed E-state index contributed by atoms with van der Waals surface area (Å²) in [5, 5.41) is 0. The lowest BCUT2D eigenvalue weighted by Crippen LogP contribution is -2.47. The summed E-state index contributed by atoms with van der Waals surface area (Å²) in [6.45, 7) is 16.2. The highest BCUT2D eigenvalue weighted by atomic mass is 14.6. The van der Waals surface area contributed by atoms with Crippen molar-refractivity contribution in [3.63, 3.8) is 0 Å². The minimum Gasteiger partial charge on any atom is -0.0987 e. The van der Waals surface area contributed by atoms with Crippen molar-refractivity contribution >= 4 is 0 Å². The maximum Gasteiger partial charge on any atom is 0.0221 e. The average Bonchev–Trinajstić information content (AvgIpc) is 2.58.